The maximum absolute atomic E-state index is 12.9. The van der Waals surface area contributed by atoms with Crippen molar-refractivity contribution in [2.45, 2.75) is 129 Å². The van der Waals surface area contributed by atoms with Crippen molar-refractivity contribution in [2.24, 2.45) is 11.8 Å². The second-order valence-corrected chi connectivity index (χ2v) is 9.78. The van der Waals surface area contributed by atoms with E-state index in [1.54, 1.807) is 0 Å². The fourth-order valence-corrected chi connectivity index (χ4v) is 4.32. The van der Waals surface area contributed by atoms with Crippen LogP contribution in [0.15, 0.2) is 24.3 Å². The van der Waals surface area contributed by atoms with Crippen LogP contribution in [-0.2, 0) is 23.9 Å². The van der Waals surface area contributed by atoms with E-state index in [0.717, 1.165) is 44.9 Å². The van der Waals surface area contributed by atoms with Crippen LogP contribution in [0.25, 0.3) is 0 Å². The second kappa shape index (κ2) is 19.1. The first-order chi connectivity index (χ1) is 17.0. The molecule has 35 heavy (non-hydrogen) atoms. The van der Waals surface area contributed by atoms with Crippen molar-refractivity contribution >= 4 is 18.3 Å². The quantitative estimate of drug-likeness (QED) is 0.0865. The van der Waals surface area contributed by atoms with Gasteiger partial charge in [0.1, 0.15) is 18.2 Å². The Bertz CT molecular complexity index is 659. The smallest absolute Gasteiger partial charge is 0.329 e. The predicted molar refractivity (Wildman–Crippen MR) is 141 cm³/mol. The SMILES string of the molecule is CCCCCC=CCC=CCC(CC1OC(=O)C1CCCCCC)OC(=O)C(NC=O)C(C)CC. The van der Waals surface area contributed by atoms with Crippen molar-refractivity contribution in [3.8, 4) is 0 Å². The number of cyclic esters (lactones) is 1. The minimum atomic E-state index is -0.677. The molecule has 1 saturated heterocycles. The van der Waals surface area contributed by atoms with E-state index < -0.39 is 18.1 Å². The van der Waals surface area contributed by atoms with Gasteiger partial charge in [0, 0.05) is 12.8 Å². The standard InChI is InChI=1S/C29H49NO5/c1-5-8-10-12-13-14-15-16-17-19-24(34-29(33)27(30-22-31)23(4)7-3)21-26-25(28(32)35-26)20-18-11-9-6-2/h13-14,16-17,22-27H,5-12,15,18-21H2,1-4H3,(H,30,31). The van der Waals surface area contributed by atoms with Gasteiger partial charge in [0.05, 0.1) is 5.92 Å². The number of nitrogens with one attached hydrogen (secondary N) is 1. The molecule has 6 nitrogen and oxygen atoms in total. The van der Waals surface area contributed by atoms with Crippen molar-refractivity contribution in [3.63, 3.8) is 0 Å². The summed E-state index contributed by atoms with van der Waals surface area (Å²) in [7, 11) is 0. The normalized spacial score (nSPS) is 20.3. The largest absolute Gasteiger partial charge is 0.461 e. The molecule has 5 atom stereocenters. The van der Waals surface area contributed by atoms with Gasteiger partial charge in [-0.15, -0.1) is 0 Å². The van der Waals surface area contributed by atoms with E-state index in [1.807, 2.05) is 19.9 Å². The zero-order valence-electron chi connectivity index (χ0n) is 22.5. The highest BCUT2D eigenvalue weighted by Gasteiger charge is 2.43. The van der Waals surface area contributed by atoms with Gasteiger partial charge in [-0.25, -0.2) is 4.79 Å². The molecule has 0 aliphatic carbocycles. The van der Waals surface area contributed by atoms with Crippen LogP contribution in [0.2, 0.25) is 0 Å². The van der Waals surface area contributed by atoms with Crippen molar-refractivity contribution in [2.75, 3.05) is 0 Å². The van der Waals surface area contributed by atoms with Crippen LogP contribution in [0.5, 0.6) is 0 Å². The molecule has 0 aromatic heterocycles. The Hall–Kier alpha value is -2.11. The number of hydrogen-bond acceptors (Lipinski definition) is 5. The number of allylic oxidation sites excluding steroid dienone is 3. The maximum atomic E-state index is 12.9. The lowest BCUT2D eigenvalue weighted by atomic mass is 9.87. The molecule has 6 heteroatoms. The molecule has 1 heterocycles. The molecule has 0 spiro atoms. The summed E-state index contributed by atoms with van der Waals surface area (Å²) in [6.45, 7) is 8.27. The molecule has 0 aromatic rings. The van der Waals surface area contributed by atoms with Gasteiger partial charge >= 0.3 is 11.9 Å². The number of hydrogen-bond donors (Lipinski definition) is 1. The van der Waals surface area contributed by atoms with Gasteiger partial charge in [-0.2, -0.15) is 0 Å². The van der Waals surface area contributed by atoms with Gasteiger partial charge in [0.25, 0.3) is 0 Å². The molecule has 5 unspecified atom stereocenters. The molecule has 1 N–H and O–H groups in total. The minimum absolute atomic E-state index is 0.0328. The van der Waals surface area contributed by atoms with E-state index in [0.29, 0.717) is 19.3 Å². The first-order valence-electron chi connectivity index (χ1n) is 13.9. The van der Waals surface area contributed by atoms with Crippen LogP contribution in [0.3, 0.4) is 0 Å². The van der Waals surface area contributed by atoms with Crippen LogP contribution < -0.4 is 5.32 Å². The third-order valence-electron chi connectivity index (χ3n) is 6.86. The lowest BCUT2D eigenvalue weighted by molar-refractivity contribution is -0.190. The van der Waals surface area contributed by atoms with E-state index in [2.05, 4.69) is 37.4 Å². The number of rotatable bonds is 21. The number of esters is 2. The number of unbranched alkanes of at least 4 members (excludes halogenated alkanes) is 6. The lowest BCUT2D eigenvalue weighted by Crippen LogP contribution is -2.48. The van der Waals surface area contributed by atoms with E-state index in [9.17, 15) is 14.4 Å². The van der Waals surface area contributed by atoms with Crippen LogP contribution in [-0.4, -0.2) is 36.6 Å². The summed E-state index contributed by atoms with van der Waals surface area (Å²) >= 11 is 0. The molecule has 1 fully saturated rings. The summed E-state index contributed by atoms with van der Waals surface area (Å²) in [6, 6.07) is -0.677. The molecule has 200 valence electrons. The second-order valence-electron chi connectivity index (χ2n) is 9.78. The molecule has 1 aliphatic heterocycles. The Balaban J connectivity index is 2.72. The molecule has 0 radical (unpaired) electrons. The Morgan fingerprint density at radius 3 is 2.40 bits per heavy atom. The predicted octanol–water partition coefficient (Wildman–Crippen LogP) is 6.43. The topological polar surface area (TPSA) is 81.7 Å². The van der Waals surface area contributed by atoms with Gasteiger partial charge in [0.15, 0.2) is 0 Å². The molecule has 1 aliphatic rings. The van der Waals surface area contributed by atoms with Crippen LogP contribution in [0.4, 0.5) is 0 Å². The first kappa shape index (κ1) is 30.9. The molecule has 1 amide bonds. The molecular formula is C29H49NO5. The van der Waals surface area contributed by atoms with Gasteiger partial charge < -0.3 is 14.8 Å². The minimum Gasteiger partial charge on any atom is -0.461 e. The summed E-state index contributed by atoms with van der Waals surface area (Å²) in [5.74, 6) is -0.706. The summed E-state index contributed by atoms with van der Waals surface area (Å²) in [6.07, 6.45) is 21.2. The van der Waals surface area contributed by atoms with E-state index in [-0.39, 0.29) is 23.9 Å². The molecular weight excluding hydrogens is 442 g/mol. The summed E-state index contributed by atoms with van der Waals surface area (Å²) in [5.41, 5.74) is 0. The average Bonchev–Trinajstić information content (AvgIpc) is 2.85. The first-order valence-corrected chi connectivity index (χ1v) is 13.9. The Kier molecular flexibility index (Phi) is 16.9. The van der Waals surface area contributed by atoms with Gasteiger partial charge in [-0.1, -0.05) is 96.9 Å². The molecule has 0 bridgehead atoms. The van der Waals surface area contributed by atoms with Crippen molar-refractivity contribution < 1.29 is 23.9 Å². The van der Waals surface area contributed by atoms with Crippen molar-refractivity contribution in [1.82, 2.24) is 5.32 Å². The zero-order valence-corrected chi connectivity index (χ0v) is 22.5. The summed E-state index contributed by atoms with van der Waals surface area (Å²) in [4.78, 5) is 36.0. The van der Waals surface area contributed by atoms with Gasteiger partial charge in [-0.05, 0) is 31.6 Å². The highest BCUT2D eigenvalue weighted by atomic mass is 16.6. The van der Waals surface area contributed by atoms with Gasteiger partial charge in [-0.3, -0.25) is 9.59 Å². The fraction of sp³-hybridized carbons (Fsp3) is 0.759. The Labute approximate surface area is 213 Å². The van der Waals surface area contributed by atoms with E-state index >= 15 is 0 Å². The number of ether oxygens (including phenoxy) is 2. The maximum Gasteiger partial charge on any atom is 0.329 e. The lowest BCUT2D eigenvalue weighted by Gasteiger charge is -2.37. The average molecular weight is 492 g/mol. The number of carbonyl (C=O) groups is 3. The summed E-state index contributed by atoms with van der Waals surface area (Å²) in [5, 5.41) is 2.61. The van der Waals surface area contributed by atoms with Crippen LogP contribution in [0, 0.1) is 11.8 Å². The highest BCUT2D eigenvalue weighted by molar-refractivity contribution is 5.79. The fourth-order valence-electron chi connectivity index (χ4n) is 4.32. The molecule has 0 saturated carbocycles. The third kappa shape index (κ3) is 12.4. The molecule has 0 aromatic carbocycles. The highest BCUT2D eigenvalue weighted by Crippen LogP contribution is 2.32. The van der Waals surface area contributed by atoms with E-state index in [4.69, 9.17) is 9.47 Å². The van der Waals surface area contributed by atoms with Crippen LogP contribution in [0.1, 0.15) is 111 Å². The Morgan fingerprint density at radius 1 is 1.03 bits per heavy atom. The van der Waals surface area contributed by atoms with Crippen LogP contribution >= 0.6 is 0 Å². The number of carbonyl (C=O) groups excluding carboxylic acids is 3. The Morgan fingerprint density at radius 2 is 1.74 bits per heavy atom. The third-order valence-corrected chi connectivity index (χ3v) is 6.86. The van der Waals surface area contributed by atoms with Crippen molar-refractivity contribution in [1.29, 1.82) is 0 Å². The number of amides is 1. The molecule has 1 rings (SSSR count). The van der Waals surface area contributed by atoms with Crippen molar-refractivity contribution in [3.05, 3.63) is 24.3 Å². The van der Waals surface area contributed by atoms with E-state index in [1.165, 1.54) is 25.7 Å². The van der Waals surface area contributed by atoms with Gasteiger partial charge in [0.2, 0.25) is 6.41 Å². The monoisotopic (exact) mass is 491 g/mol. The summed E-state index contributed by atoms with van der Waals surface area (Å²) < 4.78 is 11.3. The zero-order chi connectivity index (χ0) is 25.9.